The molecule has 35 heavy (non-hydrogen) atoms. The molecule has 1 saturated heterocycles. The van der Waals surface area contributed by atoms with Crippen molar-refractivity contribution in [3.63, 3.8) is 0 Å². The quantitative estimate of drug-likeness (QED) is 0.157. The molecule has 184 valence electrons. The Morgan fingerprint density at radius 1 is 1.46 bits per heavy atom. The van der Waals surface area contributed by atoms with Crippen LogP contribution in [-0.4, -0.2) is 53.0 Å². The number of aryl methyl sites for hydroxylation is 1. The highest BCUT2D eigenvalue weighted by molar-refractivity contribution is 6.20. The summed E-state index contributed by atoms with van der Waals surface area (Å²) < 4.78 is 21.0. The Labute approximate surface area is 201 Å². The normalized spacial score (nSPS) is 20.6. The summed E-state index contributed by atoms with van der Waals surface area (Å²) in [4.78, 5) is 24.1. The van der Waals surface area contributed by atoms with Crippen LogP contribution >= 0.6 is 0 Å². The minimum atomic E-state index is -1.49. The zero-order chi connectivity index (χ0) is 25.6. The predicted octanol–water partition coefficient (Wildman–Crippen LogP) is 1.84. The Hall–Kier alpha value is -4.17. The Morgan fingerprint density at radius 3 is 2.80 bits per heavy atom. The maximum absolute atomic E-state index is 15.4. The molecule has 0 saturated carbocycles. The van der Waals surface area contributed by atoms with E-state index < -0.39 is 23.5 Å². The predicted molar refractivity (Wildman–Crippen MR) is 126 cm³/mol. The number of likely N-dealkylation sites (tertiary alicyclic amines) is 1. The van der Waals surface area contributed by atoms with E-state index in [-0.39, 0.29) is 37.1 Å². The number of phenolic OH excluding ortho intramolecular Hbond substituents is 1. The number of nitrogens with one attached hydrogen (secondary N) is 3. The van der Waals surface area contributed by atoms with Gasteiger partial charge in [-0.3, -0.25) is 19.9 Å². The molecule has 3 rings (SSSR count). The average molecular weight is 483 g/mol. The third-order valence-electron chi connectivity index (χ3n) is 6.00. The number of hydrogen-bond acceptors (Lipinski definition) is 8. The van der Waals surface area contributed by atoms with Gasteiger partial charge in [0.2, 0.25) is 6.41 Å². The molecule has 1 fully saturated rings. The van der Waals surface area contributed by atoms with E-state index in [1.807, 2.05) is 35.3 Å². The van der Waals surface area contributed by atoms with Gasteiger partial charge in [0, 0.05) is 25.8 Å². The molecule has 2 atom stereocenters. The van der Waals surface area contributed by atoms with Gasteiger partial charge in [-0.2, -0.15) is 5.26 Å². The molecule has 0 spiro atoms. The van der Waals surface area contributed by atoms with E-state index in [9.17, 15) is 20.0 Å². The summed E-state index contributed by atoms with van der Waals surface area (Å²) in [6.45, 7) is 2.62. The van der Waals surface area contributed by atoms with E-state index in [2.05, 4.69) is 5.32 Å². The molecule has 1 aromatic carbocycles. The van der Waals surface area contributed by atoms with Gasteiger partial charge in [-0.15, -0.1) is 0 Å². The summed E-state index contributed by atoms with van der Waals surface area (Å²) in [5, 5.41) is 32.3. The molecule has 0 aliphatic carbocycles. The van der Waals surface area contributed by atoms with Crippen molar-refractivity contribution >= 4 is 18.2 Å². The van der Waals surface area contributed by atoms with E-state index in [4.69, 9.17) is 15.6 Å². The molecule has 2 aromatic rings. The summed E-state index contributed by atoms with van der Waals surface area (Å²) in [6.07, 6.45) is -0.145. The van der Waals surface area contributed by atoms with Crippen molar-refractivity contribution in [2.24, 2.45) is 5.73 Å². The number of carbonyl (C=O) groups is 2. The highest BCUT2D eigenvalue weighted by atomic mass is 19.1. The van der Waals surface area contributed by atoms with Crippen molar-refractivity contribution in [1.82, 2.24) is 15.5 Å². The van der Waals surface area contributed by atoms with Crippen LogP contribution in [0.1, 0.15) is 24.2 Å². The van der Waals surface area contributed by atoms with E-state index >= 15 is 4.39 Å². The molecule has 6 N–H and O–H groups in total. The summed E-state index contributed by atoms with van der Waals surface area (Å²) in [5.74, 6) is -0.172. The van der Waals surface area contributed by atoms with Crippen LogP contribution in [0.3, 0.4) is 0 Å². The zero-order valence-corrected chi connectivity index (χ0v) is 19.2. The number of amides is 2. The van der Waals surface area contributed by atoms with Gasteiger partial charge in [0.15, 0.2) is 0 Å². The van der Waals surface area contributed by atoms with Crippen molar-refractivity contribution < 1.29 is 23.5 Å². The lowest BCUT2D eigenvalue weighted by atomic mass is 9.83. The number of hydrogen-bond donors (Lipinski definition) is 5. The van der Waals surface area contributed by atoms with Crippen LogP contribution in [-0.2, 0) is 16.1 Å². The number of amidine groups is 1. The van der Waals surface area contributed by atoms with Crippen LogP contribution in [0.4, 0.5) is 4.39 Å². The molecule has 2 unspecified atom stereocenters. The molecule has 1 aliphatic heterocycles. The number of carbonyl (C=O) groups excluding carboxylic acids is 2. The number of furan rings is 1. The first-order valence-electron chi connectivity index (χ1n) is 10.9. The lowest BCUT2D eigenvalue weighted by Crippen LogP contribution is -2.59. The zero-order valence-electron chi connectivity index (χ0n) is 19.2. The van der Waals surface area contributed by atoms with Gasteiger partial charge in [0.05, 0.1) is 29.2 Å². The van der Waals surface area contributed by atoms with Crippen LogP contribution in [0, 0.1) is 23.7 Å². The second-order valence-electron chi connectivity index (χ2n) is 8.41. The van der Waals surface area contributed by atoms with Crippen LogP contribution < -0.4 is 16.4 Å². The van der Waals surface area contributed by atoms with Gasteiger partial charge in [-0.05, 0) is 43.2 Å². The molecular weight excluding hydrogens is 455 g/mol. The van der Waals surface area contributed by atoms with Gasteiger partial charge in [0.1, 0.15) is 29.3 Å². The number of primary amides is 1. The molecule has 2 amide bonds. The monoisotopic (exact) mass is 482 g/mol. The topological polar surface area (TPSA) is 168 Å². The highest BCUT2D eigenvalue weighted by Gasteiger charge is 2.43. The van der Waals surface area contributed by atoms with Gasteiger partial charge in [-0.1, -0.05) is 6.07 Å². The van der Waals surface area contributed by atoms with Gasteiger partial charge < -0.3 is 25.9 Å². The lowest BCUT2D eigenvalue weighted by Gasteiger charge is -2.43. The van der Waals surface area contributed by atoms with Crippen molar-refractivity contribution in [3.05, 3.63) is 53.4 Å². The number of rotatable bonds is 9. The first-order valence-corrected chi connectivity index (χ1v) is 10.9. The van der Waals surface area contributed by atoms with Crippen LogP contribution in [0.2, 0.25) is 0 Å². The number of nitriles is 1. The van der Waals surface area contributed by atoms with Gasteiger partial charge in [0.25, 0.3) is 5.91 Å². The second-order valence-corrected chi connectivity index (χ2v) is 8.41. The Kier molecular flexibility index (Phi) is 7.88. The Bertz CT molecular complexity index is 1190. The molecule has 11 heteroatoms. The third kappa shape index (κ3) is 5.85. The minimum absolute atomic E-state index is 0.00164. The largest absolute Gasteiger partial charge is 0.507 e. The van der Waals surface area contributed by atoms with E-state index in [0.29, 0.717) is 24.4 Å². The molecule has 2 heterocycles. The maximum atomic E-state index is 15.4. The minimum Gasteiger partial charge on any atom is -0.507 e. The fourth-order valence-corrected chi connectivity index (χ4v) is 4.04. The first-order chi connectivity index (χ1) is 16.7. The summed E-state index contributed by atoms with van der Waals surface area (Å²) in [5.41, 5.74) is 4.98. The van der Waals surface area contributed by atoms with Crippen LogP contribution in [0.5, 0.6) is 5.75 Å². The summed E-state index contributed by atoms with van der Waals surface area (Å²) in [7, 11) is 0. The Morgan fingerprint density at radius 2 is 2.23 bits per heavy atom. The number of phenols is 1. The lowest BCUT2D eigenvalue weighted by molar-refractivity contribution is -0.114. The molecule has 0 radical (unpaired) electrons. The molecular formula is C24H27FN6O4. The molecule has 10 nitrogen and oxygen atoms in total. The van der Waals surface area contributed by atoms with E-state index in [1.54, 1.807) is 18.2 Å². The molecule has 0 bridgehead atoms. The van der Waals surface area contributed by atoms with E-state index in [1.165, 1.54) is 0 Å². The first kappa shape index (κ1) is 25.5. The number of nitrogens with two attached hydrogens (primary N) is 1. The van der Waals surface area contributed by atoms with Crippen molar-refractivity contribution in [2.45, 2.75) is 38.0 Å². The van der Waals surface area contributed by atoms with Crippen molar-refractivity contribution in [3.8, 4) is 23.1 Å². The fraction of sp³-hybridized carbons (Fsp3) is 0.333. The summed E-state index contributed by atoms with van der Waals surface area (Å²) >= 11 is 0. The average Bonchev–Trinajstić information content (AvgIpc) is 3.22. The highest BCUT2D eigenvalue weighted by Crippen LogP contribution is 2.33. The van der Waals surface area contributed by atoms with E-state index in [0.717, 1.165) is 17.5 Å². The van der Waals surface area contributed by atoms with Crippen molar-refractivity contribution in [2.75, 3.05) is 13.1 Å². The molecule has 1 aromatic heterocycles. The number of benzene rings is 1. The molecule has 1 aliphatic rings. The SMILES string of the molecule is Cc1ccc(-c2ccc(CN3CCC(CC#N)(N/C=C(\C(=N)NC=O)C(N)=O)C(F)C3)cc2O)o1. The van der Waals surface area contributed by atoms with Gasteiger partial charge in [-0.25, -0.2) is 4.39 Å². The standard InChI is InChI=1S/C24H27FN6O4/c1-15-2-5-20(35-15)17-4-3-16(10-19(17)33)12-31-9-7-24(6-8-26,21(25)13-31)30-11-18(23(28)34)22(27)29-14-32/h2-5,10-11,14,21,30,33H,6-7,9,12-13H2,1H3,(H2,28,34)(H2,27,29,32)/b18-11+. The summed E-state index contributed by atoms with van der Waals surface area (Å²) in [6, 6.07) is 10.8. The van der Waals surface area contributed by atoms with Gasteiger partial charge >= 0.3 is 0 Å². The number of aromatic hydroxyl groups is 1. The second kappa shape index (κ2) is 10.8. The van der Waals surface area contributed by atoms with Crippen LogP contribution in [0.15, 0.2) is 46.5 Å². The maximum Gasteiger partial charge on any atom is 0.253 e. The number of piperidine rings is 1. The third-order valence-corrected chi connectivity index (χ3v) is 6.00. The number of alkyl halides is 1. The fourth-order valence-electron chi connectivity index (χ4n) is 4.04. The Balaban J connectivity index is 1.71. The number of halogens is 1. The smallest absolute Gasteiger partial charge is 0.253 e. The van der Waals surface area contributed by atoms with Crippen molar-refractivity contribution in [1.29, 1.82) is 10.7 Å². The van der Waals surface area contributed by atoms with Crippen LogP contribution in [0.25, 0.3) is 11.3 Å². The number of nitrogens with zero attached hydrogens (tertiary/aromatic N) is 2.